The molecule has 1 aromatic heterocycles. The van der Waals surface area contributed by atoms with Crippen molar-refractivity contribution in [2.45, 2.75) is 108 Å². The molecule has 4 heterocycles. The third-order valence-corrected chi connectivity index (χ3v) is 14.5. The molecule has 0 unspecified atom stereocenters. The van der Waals surface area contributed by atoms with Crippen LogP contribution in [0.15, 0.2) is 48.5 Å². The lowest BCUT2D eigenvalue weighted by Crippen LogP contribution is -2.57. The first-order valence-electron chi connectivity index (χ1n) is 22.5. The van der Waals surface area contributed by atoms with Crippen LogP contribution in [-0.2, 0) is 38.4 Å². The quantitative estimate of drug-likeness (QED) is 0.103. The number of ether oxygens (including phenoxy) is 3. The number of fused-ring (bicyclic) bond motifs is 1. The number of rotatable bonds is 17. The van der Waals surface area contributed by atoms with Crippen molar-refractivity contribution in [2.24, 2.45) is 0 Å². The zero-order chi connectivity index (χ0) is 41.3. The number of carbonyl (C=O) groups is 3. The van der Waals surface area contributed by atoms with Gasteiger partial charge in [0.2, 0.25) is 5.91 Å². The molecule has 12 nitrogen and oxygen atoms in total. The molecular formula is C47H63N5O7S. The summed E-state index contributed by atoms with van der Waals surface area (Å²) < 4.78 is 18.1. The fourth-order valence-corrected chi connectivity index (χ4v) is 10.7. The van der Waals surface area contributed by atoms with Crippen LogP contribution < -0.4 is 15.4 Å². The van der Waals surface area contributed by atoms with Crippen LogP contribution in [0, 0.1) is 0 Å². The number of piperidine rings is 1. The molecule has 0 radical (unpaired) electrons. The molecule has 3 amide bonds. The molecule has 2 aromatic carbocycles. The minimum Gasteiger partial charge on any atom is -0.506 e. The Morgan fingerprint density at radius 1 is 0.950 bits per heavy atom. The van der Waals surface area contributed by atoms with E-state index in [4.69, 9.17) is 14.2 Å². The number of benzene rings is 2. The molecule has 2 saturated heterocycles. The van der Waals surface area contributed by atoms with Crippen molar-refractivity contribution < 1.29 is 33.7 Å². The summed E-state index contributed by atoms with van der Waals surface area (Å²) >= 11 is 1.70. The van der Waals surface area contributed by atoms with Crippen molar-refractivity contribution in [2.75, 3.05) is 77.6 Å². The average molecular weight is 842 g/mol. The normalized spacial score (nSPS) is 19.7. The summed E-state index contributed by atoms with van der Waals surface area (Å²) in [7, 11) is 0. The number of hydrogen-bond acceptors (Lipinski definition) is 10. The number of morpholine rings is 1. The molecule has 0 bridgehead atoms. The average Bonchev–Trinajstić information content (AvgIpc) is 3.72. The maximum absolute atomic E-state index is 13.6. The van der Waals surface area contributed by atoms with E-state index < -0.39 is 0 Å². The Bertz CT molecular complexity index is 1940. The number of carbonyl (C=O) groups excluding carboxylic acids is 3. The van der Waals surface area contributed by atoms with Gasteiger partial charge in [-0.25, -0.2) is 0 Å². The predicted octanol–water partition coefficient (Wildman–Crippen LogP) is 6.50. The molecule has 5 aliphatic rings. The van der Waals surface area contributed by atoms with Crippen molar-refractivity contribution in [3.63, 3.8) is 0 Å². The molecule has 2 saturated carbocycles. The standard InChI is InChI=1S/C47H63N5O7S/c53-39-13-12-37(45-44(39)49-42(54)32-58-45)16-21-48-22-25-52(38-10-2-1-3-11-38)43(55)18-28-57-27-17-34-6-4-7-35(30-34)31-50-23-19-47(20-24-50)33-51(26-29-59-47)46(56)41-15-14-40(60-41)36-8-5-9-36/h4,6-7,12-15,30,36,38,48,53H,1-3,5,8-11,16-29,31-33H2,(H,49,54). The first-order valence-corrected chi connectivity index (χ1v) is 23.3. The molecule has 8 rings (SSSR count). The van der Waals surface area contributed by atoms with E-state index in [1.54, 1.807) is 17.4 Å². The Kier molecular flexibility index (Phi) is 14.4. The van der Waals surface area contributed by atoms with Crippen molar-refractivity contribution in [3.05, 3.63) is 75.0 Å². The Morgan fingerprint density at radius 2 is 1.78 bits per heavy atom. The Balaban J connectivity index is 0.739. The van der Waals surface area contributed by atoms with Crippen molar-refractivity contribution in [1.29, 1.82) is 0 Å². The fraction of sp³-hybridized carbons (Fsp3) is 0.596. The number of phenols is 1. The Labute approximate surface area is 358 Å². The van der Waals surface area contributed by atoms with Crippen molar-refractivity contribution in [1.82, 2.24) is 20.0 Å². The summed E-state index contributed by atoms with van der Waals surface area (Å²) in [5.74, 6) is 1.23. The van der Waals surface area contributed by atoms with Crippen LogP contribution in [0.25, 0.3) is 0 Å². The van der Waals surface area contributed by atoms with Gasteiger partial charge in [-0.05, 0) is 98.7 Å². The molecule has 3 aromatic rings. The first-order chi connectivity index (χ1) is 29.3. The highest BCUT2D eigenvalue weighted by molar-refractivity contribution is 7.14. The van der Waals surface area contributed by atoms with Crippen LogP contribution in [0.3, 0.4) is 0 Å². The van der Waals surface area contributed by atoms with Crippen LogP contribution in [0.1, 0.15) is 108 Å². The van der Waals surface area contributed by atoms with Gasteiger partial charge in [-0.1, -0.05) is 56.0 Å². The van der Waals surface area contributed by atoms with E-state index in [0.717, 1.165) is 75.0 Å². The first kappa shape index (κ1) is 42.7. The van der Waals surface area contributed by atoms with Gasteiger partial charge in [0, 0.05) is 50.2 Å². The number of nitrogens with zero attached hydrogens (tertiary/aromatic N) is 3. The van der Waals surface area contributed by atoms with Crippen LogP contribution in [0.2, 0.25) is 0 Å². The largest absolute Gasteiger partial charge is 0.506 e. The smallest absolute Gasteiger partial charge is 0.264 e. The van der Waals surface area contributed by atoms with Gasteiger partial charge in [0.05, 0.1) is 43.3 Å². The molecule has 13 heteroatoms. The van der Waals surface area contributed by atoms with Crippen LogP contribution in [-0.4, -0.2) is 121 Å². The summed E-state index contributed by atoms with van der Waals surface area (Å²) in [5.41, 5.74) is 3.53. The number of aromatic hydroxyl groups is 1. The van der Waals surface area contributed by atoms with Crippen LogP contribution in [0.5, 0.6) is 11.5 Å². The zero-order valence-corrected chi connectivity index (χ0v) is 35.9. The van der Waals surface area contributed by atoms with E-state index >= 15 is 0 Å². The van der Waals surface area contributed by atoms with Gasteiger partial charge in [0.15, 0.2) is 12.4 Å². The maximum Gasteiger partial charge on any atom is 0.264 e. The van der Waals surface area contributed by atoms with Gasteiger partial charge < -0.3 is 39.8 Å². The van der Waals surface area contributed by atoms with E-state index in [2.05, 4.69) is 50.8 Å². The lowest BCUT2D eigenvalue weighted by molar-refractivity contribution is -0.135. The zero-order valence-electron chi connectivity index (χ0n) is 35.1. The molecular weight excluding hydrogens is 779 g/mol. The highest BCUT2D eigenvalue weighted by Crippen LogP contribution is 2.41. The van der Waals surface area contributed by atoms with E-state index in [1.165, 1.54) is 41.7 Å². The van der Waals surface area contributed by atoms with Gasteiger partial charge >= 0.3 is 0 Å². The molecule has 60 heavy (non-hydrogen) atoms. The highest BCUT2D eigenvalue weighted by atomic mass is 32.1. The second-order valence-corrected chi connectivity index (χ2v) is 18.6. The van der Waals surface area contributed by atoms with Crippen molar-refractivity contribution >= 4 is 34.7 Å². The number of phenolic OH excluding ortho intramolecular Hbond substituents is 1. The fourth-order valence-electron chi connectivity index (χ4n) is 9.57. The third kappa shape index (κ3) is 10.7. The summed E-state index contributed by atoms with van der Waals surface area (Å²) in [5, 5.41) is 16.4. The summed E-state index contributed by atoms with van der Waals surface area (Å²) in [6, 6.07) is 16.7. The summed E-state index contributed by atoms with van der Waals surface area (Å²) in [4.78, 5) is 47.7. The van der Waals surface area contributed by atoms with Gasteiger partial charge in [0.25, 0.3) is 11.8 Å². The molecule has 2 aliphatic carbocycles. The molecule has 1 spiro atoms. The van der Waals surface area contributed by atoms with E-state index in [-0.39, 0.29) is 41.7 Å². The molecule has 0 atom stereocenters. The Hall–Kier alpha value is -4.01. The number of hydrogen-bond donors (Lipinski definition) is 3. The van der Waals surface area contributed by atoms with Crippen LogP contribution >= 0.6 is 11.3 Å². The van der Waals surface area contributed by atoms with Crippen LogP contribution in [0.4, 0.5) is 5.69 Å². The molecule has 4 fully saturated rings. The monoisotopic (exact) mass is 841 g/mol. The second kappa shape index (κ2) is 20.2. The lowest BCUT2D eigenvalue weighted by Gasteiger charge is -2.47. The minimum atomic E-state index is -0.278. The maximum atomic E-state index is 13.6. The number of likely N-dealkylation sites (tertiary alicyclic amines) is 1. The number of anilines is 1. The van der Waals surface area contributed by atoms with E-state index in [1.807, 2.05) is 17.0 Å². The van der Waals surface area contributed by atoms with Gasteiger partial charge in [-0.3, -0.25) is 19.3 Å². The lowest BCUT2D eigenvalue weighted by atomic mass is 9.84. The molecule has 3 N–H and O–H groups in total. The topological polar surface area (TPSA) is 133 Å². The summed E-state index contributed by atoms with van der Waals surface area (Å²) in [6.45, 7) is 7.66. The summed E-state index contributed by atoms with van der Waals surface area (Å²) in [6.07, 6.45) is 13.2. The minimum absolute atomic E-state index is 0.00196. The number of nitrogens with one attached hydrogen (secondary N) is 2. The third-order valence-electron chi connectivity index (χ3n) is 13.3. The van der Waals surface area contributed by atoms with E-state index in [9.17, 15) is 19.5 Å². The van der Waals surface area contributed by atoms with Crippen molar-refractivity contribution in [3.8, 4) is 11.5 Å². The molecule has 324 valence electrons. The van der Waals surface area contributed by atoms with Gasteiger partial charge in [-0.2, -0.15) is 0 Å². The molecule has 3 aliphatic heterocycles. The SMILES string of the molecule is O=C1COc2c(CCNCCN(C(=O)CCOCCc3cccc(CN4CCC5(CC4)CN(C(=O)c4ccc(C6CCC6)s4)CCO5)c3)C3CCCCC3)ccc(O)c2N1. The number of amides is 3. The Morgan fingerprint density at radius 3 is 2.60 bits per heavy atom. The van der Waals surface area contributed by atoms with E-state index in [0.29, 0.717) is 82.7 Å². The second-order valence-electron chi connectivity index (χ2n) is 17.5. The van der Waals surface area contributed by atoms with Gasteiger partial charge in [0.1, 0.15) is 11.4 Å². The number of thiophene rings is 1. The predicted molar refractivity (Wildman–Crippen MR) is 233 cm³/mol. The highest BCUT2D eigenvalue weighted by Gasteiger charge is 2.41. The van der Waals surface area contributed by atoms with Gasteiger partial charge in [-0.15, -0.1) is 11.3 Å².